The molecule has 1 fully saturated rings. The number of thiocarbonyl (C=S) groups is 1. The standard InChI is InChI=1S/C10H19N3O2S/c1-10(2,8(11)16)7-12-9(14)13-3-5-15-6-4-13/h3-7H2,1-2H3,(H2,11,16)(H,12,14). The molecule has 0 aromatic heterocycles. The molecule has 1 saturated heterocycles. The molecule has 1 aliphatic rings. The fourth-order valence-electron chi connectivity index (χ4n) is 1.26. The second-order valence-electron chi connectivity index (χ2n) is 4.51. The number of amides is 2. The van der Waals surface area contributed by atoms with Gasteiger partial charge in [0.15, 0.2) is 0 Å². The van der Waals surface area contributed by atoms with Crippen molar-refractivity contribution in [2.45, 2.75) is 13.8 Å². The molecule has 1 aliphatic heterocycles. The van der Waals surface area contributed by atoms with Crippen LogP contribution in [0.15, 0.2) is 0 Å². The fraction of sp³-hybridized carbons (Fsp3) is 0.800. The molecule has 0 aliphatic carbocycles. The van der Waals surface area contributed by atoms with Crippen LogP contribution in [-0.2, 0) is 4.74 Å². The molecule has 0 atom stereocenters. The molecule has 0 aromatic rings. The first-order valence-electron chi connectivity index (χ1n) is 5.34. The molecule has 1 heterocycles. The van der Waals surface area contributed by atoms with E-state index in [1.54, 1.807) is 4.90 Å². The molecule has 6 heteroatoms. The molecule has 0 bridgehead atoms. The van der Waals surface area contributed by atoms with Gasteiger partial charge in [0.25, 0.3) is 0 Å². The average molecular weight is 245 g/mol. The third kappa shape index (κ3) is 3.61. The normalized spacial score (nSPS) is 17.0. The van der Waals surface area contributed by atoms with Gasteiger partial charge in [-0.05, 0) is 0 Å². The molecule has 2 amide bonds. The van der Waals surface area contributed by atoms with Gasteiger partial charge in [0.1, 0.15) is 0 Å². The van der Waals surface area contributed by atoms with E-state index in [2.05, 4.69) is 5.32 Å². The van der Waals surface area contributed by atoms with Crippen LogP contribution in [0.2, 0.25) is 0 Å². The molecule has 0 radical (unpaired) electrons. The zero-order valence-corrected chi connectivity index (χ0v) is 10.6. The molecule has 16 heavy (non-hydrogen) atoms. The summed E-state index contributed by atoms with van der Waals surface area (Å²) in [6, 6.07) is -0.0763. The quantitative estimate of drug-likeness (QED) is 0.704. The molecule has 0 saturated carbocycles. The van der Waals surface area contributed by atoms with Crippen molar-refractivity contribution in [2.24, 2.45) is 11.1 Å². The molecule has 0 spiro atoms. The smallest absolute Gasteiger partial charge is 0.317 e. The Morgan fingerprint density at radius 3 is 2.56 bits per heavy atom. The van der Waals surface area contributed by atoms with Gasteiger partial charge in [-0.3, -0.25) is 0 Å². The summed E-state index contributed by atoms with van der Waals surface area (Å²) in [6.07, 6.45) is 0. The Labute approximate surface area is 101 Å². The number of rotatable bonds is 3. The minimum atomic E-state index is -0.350. The van der Waals surface area contributed by atoms with Crippen LogP contribution in [0.1, 0.15) is 13.8 Å². The summed E-state index contributed by atoms with van der Waals surface area (Å²) in [6.45, 7) is 6.76. The Kier molecular flexibility index (Phi) is 4.49. The molecule has 92 valence electrons. The Morgan fingerprint density at radius 1 is 1.50 bits per heavy atom. The van der Waals surface area contributed by atoms with E-state index in [-0.39, 0.29) is 11.4 Å². The first-order chi connectivity index (χ1) is 7.43. The monoisotopic (exact) mass is 245 g/mol. The van der Waals surface area contributed by atoms with Crippen LogP contribution in [0.5, 0.6) is 0 Å². The summed E-state index contributed by atoms with van der Waals surface area (Å²) < 4.78 is 5.17. The summed E-state index contributed by atoms with van der Waals surface area (Å²) >= 11 is 4.93. The first kappa shape index (κ1) is 13.2. The number of nitrogens with zero attached hydrogens (tertiary/aromatic N) is 1. The summed E-state index contributed by atoms with van der Waals surface area (Å²) in [5.41, 5.74) is 5.23. The third-order valence-corrected chi connectivity index (χ3v) is 3.20. The number of carbonyl (C=O) groups is 1. The van der Waals surface area contributed by atoms with Crippen molar-refractivity contribution in [3.63, 3.8) is 0 Å². The van der Waals surface area contributed by atoms with Crippen molar-refractivity contribution in [1.82, 2.24) is 10.2 Å². The van der Waals surface area contributed by atoms with Crippen LogP contribution in [0.3, 0.4) is 0 Å². The maximum atomic E-state index is 11.7. The van der Waals surface area contributed by atoms with E-state index in [9.17, 15) is 4.79 Å². The molecular formula is C10H19N3O2S. The summed E-state index contributed by atoms with van der Waals surface area (Å²) in [7, 11) is 0. The molecular weight excluding hydrogens is 226 g/mol. The minimum Gasteiger partial charge on any atom is -0.393 e. The van der Waals surface area contributed by atoms with Gasteiger partial charge in [0.05, 0.1) is 18.2 Å². The first-order valence-corrected chi connectivity index (χ1v) is 5.75. The SMILES string of the molecule is CC(C)(CNC(=O)N1CCOCC1)C(N)=S. The lowest BCUT2D eigenvalue weighted by Gasteiger charge is -2.29. The Bertz CT molecular complexity index is 275. The molecule has 3 N–H and O–H groups in total. The fourth-order valence-corrected chi connectivity index (χ4v) is 1.33. The highest BCUT2D eigenvalue weighted by atomic mass is 32.1. The molecule has 5 nitrogen and oxygen atoms in total. The van der Waals surface area contributed by atoms with Gasteiger partial charge in [-0.2, -0.15) is 0 Å². The van der Waals surface area contributed by atoms with Gasteiger partial charge in [-0.25, -0.2) is 4.79 Å². The zero-order chi connectivity index (χ0) is 12.2. The second kappa shape index (κ2) is 5.45. The van der Waals surface area contributed by atoms with Crippen LogP contribution in [0, 0.1) is 5.41 Å². The van der Waals surface area contributed by atoms with Gasteiger partial charge < -0.3 is 20.7 Å². The van der Waals surface area contributed by atoms with Crippen LogP contribution in [-0.4, -0.2) is 48.8 Å². The van der Waals surface area contributed by atoms with Gasteiger partial charge in [0, 0.05) is 25.0 Å². The number of urea groups is 1. The maximum Gasteiger partial charge on any atom is 0.317 e. The van der Waals surface area contributed by atoms with E-state index in [4.69, 9.17) is 22.7 Å². The van der Waals surface area contributed by atoms with Gasteiger partial charge in [0.2, 0.25) is 0 Å². The summed E-state index contributed by atoms with van der Waals surface area (Å²) in [5.74, 6) is 0. The number of carbonyl (C=O) groups excluding carboxylic acids is 1. The van der Waals surface area contributed by atoms with Crippen molar-refractivity contribution in [3.8, 4) is 0 Å². The number of hydrogen-bond donors (Lipinski definition) is 2. The lowest BCUT2D eigenvalue weighted by Crippen LogP contribution is -2.49. The van der Waals surface area contributed by atoms with E-state index in [1.165, 1.54) is 0 Å². The lowest BCUT2D eigenvalue weighted by atomic mass is 9.94. The van der Waals surface area contributed by atoms with E-state index in [0.717, 1.165) is 0 Å². The van der Waals surface area contributed by atoms with E-state index >= 15 is 0 Å². The van der Waals surface area contributed by atoms with E-state index in [0.29, 0.717) is 37.8 Å². The Morgan fingerprint density at radius 2 is 2.06 bits per heavy atom. The third-order valence-electron chi connectivity index (χ3n) is 2.65. The largest absolute Gasteiger partial charge is 0.393 e. The van der Waals surface area contributed by atoms with Gasteiger partial charge >= 0.3 is 6.03 Å². The summed E-state index contributed by atoms with van der Waals surface area (Å²) in [5, 5.41) is 2.84. The van der Waals surface area contributed by atoms with E-state index in [1.807, 2.05) is 13.8 Å². The van der Waals surface area contributed by atoms with Crippen LogP contribution in [0.4, 0.5) is 4.79 Å². The van der Waals surface area contributed by atoms with Crippen molar-refractivity contribution < 1.29 is 9.53 Å². The molecule has 0 aromatic carbocycles. The predicted molar refractivity (Wildman–Crippen MR) is 66.4 cm³/mol. The average Bonchev–Trinajstić information content (AvgIpc) is 2.27. The Balaban J connectivity index is 2.37. The molecule has 0 unspecified atom stereocenters. The lowest BCUT2D eigenvalue weighted by molar-refractivity contribution is 0.0529. The van der Waals surface area contributed by atoms with Crippen LogP contribution in [0.25, 0.3) is 0 Å². The van der Waals surface area contributed by atoms with E-state index < -0.39 is 0 Å². The van der Waals surface area contributed by atoms with Crippen molar-refractivity contribution in [1.29, 1.82) is 0 Å². The van der Waals surface area contributed by atoms with Crippen LogP contribution < -0.4 is 11.1 Å². The maximum absolute atomic E-state index is 11.7. The van der Waals surface area contributed by atoms with Crippen molar-refractivity contribution in [2.75, 3.05) is 32.8 Å². The highest BCUT2D eigenvalue weighted by Crippen LogP contribution is 2.13. The Hall–Kier alpha value is -0.880. The van der Waals surface area contributed by atoms with Crippen LogP contribution >= 0.6 is 12.2 Å². The number of nitrogens with two attached hydrogens (primary N) is 1. The van der Waals surface area contributed by atoms with Crippen molar-refractivity contribution >= 4 is 23.2 Å². The van der Waals surface area contributed by atoms with Gasteiger partial charge in [-0.15, -0.1) is 0 Å². The zero-order valence-electron chi connectivity index (χ0n) is 9.78. The van der Waals surface area contributed by atoms with Crippen molar-refractivity contribution in [3.05, 3.63) is 0 Å². The predicted octanol–water partition coefficient (Wildman–Crippen LogP) is 0.341. The minimum absolute atomic E-state index is 0.0763. The number of ether oxygens (including phenoxy) is 1. The highest BCUT2D eigenvalue weighted by molar-refractivity contribution is 7.80. The number of nitrogens with one attached hydrogen (secondary N) is 1. The summed E-state index contributed by atoms with van der Waals surface area (Å²) in [4.78, 5) is 13.9. The number of morpholine rings is 1. The highest BCUT2D eigenvalue weighted by Gasteiger charge is 2.24. The number of hydrogen-bond acceptors (Lipinski definition) is 3. The molecule has 1 rings (SSSR count). The second-order valence-corrected chi connectivity index (χ2v) is 4.95. The van der Waals surface area contributed by atoms with Gasteiger partial charge in [-0.1, -0.05) is 26.1 Å². The topological polar surface area (TPSA) is 67.6 Å².